The molecule has 0 bridgehead atoms. The van der Waals surface area contributed by atoms with Crippen LogP contribution in [0.15, 0.2) is 18.2 Å². The summed E-state index contributed by atoms with van der Waals surface area (Å²) in [5.74, 6) is 0.629. The number of hydrogen-bond acceptors (Lipinski definition) is 4. The van der Waals surface area contributed by atoms with Crippen LogP contribution in [0, 0.1) is 0 Å². The molecule has 1 aromatic carbocycles. The molecule has 0 saturated carbocycles. The summed E-state index contributed by atoms with van der Waals surface area (Å²) in [4.78, 5) is 0. The lowest BCUT2D eigenvalue weighted by Crippen LogP contribution is -2.12. The summed E-state index contributed by atoms with van der Waals surface area (Å²) in [7, 11) is 0. The van der Waals surface area contributed by atoms with E-state index in [0.29, 0.717) is 29.0 Å². The van der Waals surface area contributed by atoms with Gasteiger partial charge in [-0.1, -0.05) is 23.2 Å². The van der Waals surface area contributed by atoms with Gasteiger partial charge in [0.1, 0.15) is 0 Å². The normalized spacial score (nSPS) is 10.7. The number of rotatable bonds is 3. The van der Waals surface area contributed by atoms with Gasteiger partial charge in [0.05, 0.1) is 16.6 Å². The van der Waals surface area contributed by atoms with Crippen molar-refractivity contribution in [3.8, 4) is 11.4 Å². The van der Waals surface area contributed by atoms with Crippen LogP contribution in [0.25, 0.3) is 11.4 Å². The Balaban J connectivity index is 2.42. The van der Waals surface area contributed by atoms with Gasteiger partial charge >= 0.3 is 0 Å². The fourth-order valence-electron chi connectivity index (χ4n) is 1.32. The molecule has 0 unspecified atom stereocenters. The Morgan fingerprint density at radius 1 is 1.25 bits per heavy atom. The molecule has 0 radical (unpaired) electrons. The van der Waals surface area contributed by atoms with E-state index in [2.05, 4.69) is 15.5 Å². The Bertz CT molecular complexity index is 496. The molecule has 84 valence electrons. The molecule has 0 aliphatic carbocycles. The highest BCUT2D eigenvalue weighted by Crippen LogP contribution is 2.26. The van der Waals surface area contributed by atoms with E-state index in [4.69, 9.17) is 28.9 Å². The molecule has 1 aromatic heterocycles. The molecule has 5 nitrogen and oxygen atoms in total. The first-order valence-corrected chi connectivity index (χ1v) is 5.39. The van der Waals surface area contributed by atoms with Crippen LogP contribution in [-0.4, -0.2) is 26.8 Å². The largest absolute Gasteiger partial charge is 0.329 e. The van der Waals surface area contributed by atoms with E-state index in [1.807, 2.05) is 6.07 Å². The van der Waals surface area contributed by atoms with Crippen LogP contribution in [0.4, 0.5) is 0 Å². The Morgan fingerprint density at radius 3 is 2.75 bits per heavy atom. The number of tetrazole rings is 1. The van der Waals surface area contributed by atoms with Crippen LogP contribution in [0.2, 0.25) is 10.0 Å². The fourth-order valence-corrected chi connectivity index (χ4v) is 1.62. The summed E-state index contributed by atoms with van der Waals surface area (Å²) in [5.41, 5.74) is 6.27. The second-order valence-corrected chi connectivity index (χ2v) is 3.96. The molecular weight excluding hydrogens is 249 g/mol. The van der Waals surface area contributed by atoms with Gasteiger partial charge in [-0.15, -0.1) is 5.10 Å². The van der Waals surface area contributed by atoms with Crippen molar-refractivity contribution in [1.82, 2.24) is 20.2 Å². The maximum atomic E-state index is 5.93. The molecule has 0 spiro atoms. The average molecular weight is 258 g/mol. The highest BCUT2D eigenvalue weighted by molar-refractivity contribution is 6.42. The summed E-state index contributed by atoms with van der Waals surface area (Å²) < 4.78 is 1.62. The van der Waals surface area contributed by atoms with Crippen LogP contribution in [-0.2, 0) is 6.54 Å². The molecule has 7 heteroatoms. The van der Waals surface area contributed by atoms with E-state index in [0.717, 1.165) is 5.56 Å². The minimum atomic E-state index is 0.472. The molecule has 2 rings (SSSR count). The van der Waals surface area contributed by atoms with Gasteiger partial charge in [0.2, 0.25) is 0 Å². The third-order valence-corrected chi connectivity index (χ3v) is 2.79. The Morgan fingerprint density at radius 2 is 2.06 bits per heavy atom. The minimum absolute atomic E-state index is 0.472. The molecule has 1 heterocycles. The lowest BCUT2D eigenvalue weighted by atomic mass is 10.2. The SMILES string of the molecule is NCCn1nnnc1-c1ccc(Cl)c(Cl)c1. The van der Waals surface area contributed by atoms with Gasteiger partial charge in [-0.25, -0.2) is 4.68 Å². The number of benzene rings is 1. The van der Waals surface area contributed by atoms with E-state index in [-0.39, 0.29) is 0 Å². The summed E-state index contributed by atoms with van der Waals surface area (Å²) in [6, 6.07) is 5.25. The molecule has 16 heavy (non-hydrogen) atoms. The van der Waals surface area contributed by atoms with Crippen molar-refractivity contribution in [2.75, 3.05) is 6.54 Å². The Kier molecular flexibility index (Phi) is 3.38. The van der Waals surface area contributed by atoms with E-state index < -0.39 is 0 Å². The predicted molar refractivity (Wildman–Crippen MR) is 62.3 cm³/mol. The highest BCUT2D eigenvalue weighted by atomic mass is 35.5. The quantitative estimate of drug-likeness (QED) is 0.907. The van der Waals surface area contributed by atoms with E-state index in [1.54, 1.807) is 16.8 Å². The first kappa shape index (κ1) is 11.3. The first-order chi connectivity index (χ1) is 7.72. The lowest BCUT2D eigenvalue weighted by Gasteiger charge is -2.03. The van der Waals surface area contributed by atoms with Crippen molar-refractivity contribution in [2.24, 2.45) is 5.73 Å². The zero-order chi connectivity index (χ0) is 11.5. The second-order valence-electron chi connectivity index (χ2n) is 3.14. The highest BCUT2D eigenvalue weighted by Gasteiger charge is 2.09. The monoisotopic (exact) mass is 257 g/mol. The van der Waals surface area contributed by atoms with Crippen molar-refractivity contribution in [3.05, 3.63) is 28.2 Å². The zero-order valence-corrected chi connectivity index (χ0v) is 9.78. The summed E-state index contributed by atoms with van der Waals surface area (Å²) in [6.07, 6.45) is 0. The van der Waals surface area contributed by atoms with E-state index >= 15 is 0 Å². The molecule has 2 aromatic rings. The summed E-state index contributed by atoms with van der Waals surface area (Å²) in [6.45, 7) is 1.03. The topological polar surface area (TPSA) is 69.6 Å². The van der Waals surface area contributed by atoms with Crippen molar-refractivity contribution in [1.29, 1.82) is 0 Å². The number of aromatic nitrogens is 4. The number of nitrogens with two attached hydrogens (primary N) is 1. The van der Waals surface area contributed by atoms with Crippen LogP contribution in [0.5, 0.6) is 0 Å². The van der Waals surface area contributed by atoms with Crippen LogP contribution in [0.1, 0.15) is 0 Å². The predicted octanol–water partition coefficient (Wildman–Crippen LogP) is 1.61. The molecule has 0 saturated heterocycles. The van der Waals surface area contributed by atoms with Crippen molar-refractivity contribution < 1.29 is 0 Å². The summed E-state index contributed by atoms with van der Waals surface area (Å²) >= 11 is 11.8. The third kappa shape index (κ3) is 2.16. The minimum Gasteiger partial charge on any atom is -0.329 e. The van der Waals surface area contributed by atoms with Crippen molar-refractivity contribution >= 4 is 23.2 Å². The van der Waals surface area contributed by atoms with Crippen molar-refractivity contribution in [2.45, 2.75) is 6.54 Å². The van der Waals surface area contributed by atoms with E-state index in [1.165, 1.54) is 0 Å². The Hall–Kier alpha value is -1.17. The fraction of sp³-hybridized carbons (Fsp3) is 0.222. The van der Waals surface area contributed by atoms with Crippen LogP contribution >= 0.6 is 23.2 Å². The van der Waals surface area contributed by atoms with Gasteiger partial charge in [-0.3, -0.25) is 0 Å². The summed E-state index contributed by atoms with van der Waals surface area (Å²) in [5, 5.41) is 12.3. The van der Waals surface area contributed by atoms with Crippen LogP contribution < -0.4 is 5.73 Å². The maximum Gasteiger partial charge on any atom is 0.182 e. The second kappa shape index (κ2) is 4.78. The first-order valence-electron chi connectivity index (χ1n) is 4.64. The van der Waals surface area contributed by atoms with Gasteiger partial charge in [0, 0.05) is 12.1 Å². The number of nitrogens with zero attached hydrogens (tertiary/aromatic N) is 4. The smallest absolute Gasteiger partial charge is 0.182 e. The average Bonchev–Trinajstić information content (AvgIpc) is 2.71. The lowest BCUT2D eigenvalue weighted by molar-refractivity contribution is 0.603. The Labute approximate surface area is 102 Å². The van der Waals surface area contributed by atoms with Gasteiger partial charge in [-0.05, 0) is 28.6 Å². The number of hydrogen-bond donors (Lipinski definition) is 1. The molecule has 0 amide bonds. The number of halogens is 2. The zero-order valence-electron chi connectivity index (χ0n) is 8.27. The van der Waals surface area contributed by atoms with Gasteiger partial charge in [0.15, 0.2) is 5.82 Å². The molecule has 2 N–H and O–H groups in total. The molecular formula is C9H9Cl2N5. The molecule has 0 fully saturated rings. The molecule has 0 atom stereocenters. The molecule has 0 aliphatic heterocycles. The van der Waals surface area contributed by atoms with Crippen molar-refractivity contribution in [3.63, 3.8) is 0 Å². The third-order valence-electron chi connectivity index (χ3n) is 2.05. The van der Waals surface area contributed by atoms with Gasteiger partial charge in [0.25, 0.3) is 0 Å². The van der Waals surface area contributed by atoms with Gasteiger partial charge in [-0.2, -0.15) is 0 Å². The maximum absolute atomic E-state index is 5.93. The standard InChI is InChI=1S/C9H9Cl2N5/c10-7-2-1-6(5-8(7)11)9-13-14-15-16(9)4-3-12/h1-2,5H,3-4,12H2. The van der Waals surface area contributed by atoms with E-state index in [9.17, 15) is 0 Å². The van der Waals surface area contributed by atoms with Crippen LogP contribution in [0.3, 0.4) is 0 Å². The van der Waals surface area contributed by atoms with Gasteiger partial charge < -0.3 is 5.73 Å². The molecule has 0 aliphatic rings.